The Bertz CT molecular complexity index is 1020. The molecule has 1 aromatic heterocycles. The van der Waals surface area contributed by atoms with Crippen LogP contribution in [0.4, 0.5) is 5.82 Å². The largest absolute Gasteiger partial charge is 0.368 e. The number of amides is 1. The predicted molar refractivity (Wildman–Crippen MR) is 119 cm³/mol. The number of primary amides is 1. The van der Waals surface area contributed by atoms with Gasteiger partial charge in [-0.05, 0) is 42.7 Å². The Hall–Kier alpha value is -2.20. The molecule has 2 saturated heterocycles. The van der Waals surface area contributed by atoms with Crippen molar-refractivity contribution in [1.29, 1.82) is 0 Å². The second kappa shape index (κ2) is 9.12. The third-order valence-corrected chi connectivity index (χ3v) is 8.02. The Morgan fingerprint density at radius 2 is 1.61 bits per heavy atom. The van der Waals surface area contributed by atoms with Crippen molar-refractivity contribution in [2.24, 2.45) is 5.73 Å². The summed E-state index contributed by atoms with van der Waals surface area (Å²) in [5.74, 6) is 0.326. The molecule has 2 aromatic rings. The van der Waals surface area contributed by atoms with Gasteiger partial charge in [-0.1, -0.05) is 23.7 Å². The van der Waals surface area contributed by atoms with Crippen LogP contribution in [0.1, 0.15) is 24.4 Å². The number of nitrogens with two attached hydrogens (primary N) is 1. The summed E-state index contributed by atoms with van der Waals surface area (Å²) in [5.41, 5.74) is 6.51. The van der Waals surface area contributed by atoms with Gasteiger partial charge < -0.3 is 10.6 Å². The summed E-state index contributed by atoms with van der Waals surface area (Å²) >= 11 is 5.96. The van der Waals surface area contributed by atoms with Crippen molar-refractivity contribution in [1.82, 2.24) is 14.2 Å². The maximum Gasteiger partial charge on any atom is 0.244 e. The molecular formula is C21H26ClN5O3S. The van der Waals surface area contributed by atoms with Crippen molar-refractivity contribution >= 4 is 33.3 Å². The molecule has 1 unspecified atom stereocenters. The van der Waals surface area contributed by atoms with Gasteiger partial charge in [0.1, 0.15) is 16.8 Å². The minimum atomic E-state index is -3.47. The standard InChI is InChI=1S/C21H26ClN5O3S/c22-17-5-3-16(4-6-17)20(21(23)28)26-13-11-25(12-14-26)19-8-7-18(15-24-19)31(29,30)27-9-1-2-10-27/h3-8,15,20H,1-2,9-14H2,(H2,23,28). The molecule has 166 valence electrons. The number of hydrogen-bond donors (Lipinski definition) is 1. The van der Waals surface area contributed by atoms with Crippen LogP contribution in [-0.2, 0) is 14.8 Å². The number of carbonyl (C=O) groups excluding carboxylic acids is 1. The van der Waals surface area contributed by atoms with Crippen LogP contribution in [0.3, 0.4) is 0 Å². The normalized spacial score (nSPS) is 19.5. The lowest BCUT2D eigenvalue weighted by Gasteiger charge is -2.38. The Labute approximate surface area is 187 Å². The first-order valence-corrected chi connectivity index (χ1v) is 12.2. The van der Waals surface area contributed by atoms with E-state index in [1.165, 1.54) is 10.5 Å². The summed E-state index contributed by atoms with van der Waals surface area (Å²) in [7, 11) is -3.47. The van der Waals surface area contributed by atoms with Crippen LogP contribution in [0.25, 0.3) is 0 Å². The molecule has 8 nitrogen and oxygen atoms in total. The number of anilines is 1. The number of hydrogen-bond acceptors (Lipinski definition) is 6. The number of halogens is 1. The van der Waals surface area contributed by atoms with E-state index in [0.717, 1.165) is 24.2 Å². The molecule has 1 amide bonds. The molecule has 0 bridgehead atoms. The van der Waals surface area contributed by atoms with Crippen LogP contribution < -0.4 is 10.6 Å². The average molecular weight is 464 g/mol. The monoisotopic (exact) mass is 463 g/mol. The zero-order valence-corrected chi connectivity index (χ0v) is 18.7. The highest BCUT2D eigenvalue weighted by Crippen LogP contribution is 2.26. The first-order chi connectivity index (χ1) is 14.9. The lowest BCUT2D eigenvalue weighted by atomic mass is 10.0. The van der Waals surface area contributed by atoms with Gasteiger partial charge in [0.15, 0.2) is 0 Å². The van der Waals surface area contributed by atoms with Crippen LogP contribution in [0.2, 0.25) is 5.02 Å². The van der Waals surface area contributed by atoms with Crippen molar-refractivity contribution in [3.05, 3.63) is 53.2 Å². The maximum atomic E-state index is 12.7. The van der Waals surface area contributed by atoms with E-state index in [4.69, 9.17) is 17.3 Å². The number of aromatic nitrogens is 1. The van der Waals surface area contributed by atoms with Gasteiger partial charge in [-0.3, -0.25) is 9.69 Å². The molecule has 0 spiro atoms. The molecule has 2 fully saturated rings. The maximum absolute atomic E-state index is 12.7. The SMILES string of the molecule is NC(=O)C(c1ccc(Cl)cc1)N1CCN(c2ccc(S(=O)(=O)N3CCCC3)cn2)CC1. The van der Waals surface area contributed by atoms with Crippen molar-refractivity contribution in [3.63, 3.8) is 0 Å². The van der Waals surface area contributed by atoms with Crippen LogP contribution >= 0.6 is 11.6 Å². The molecule has 0 aliphatic carbocycles. The zero-order chi connectivity index (χ0) is 22.0. The molecule has 2 N–H and O–H groups in total. The topological polar surface area (TPSA) is 99.8 Å². The van der Waals surface area contributed by atoms with Gasteiger partial charge in [-0.15, -0.1) is 0 Å². The number of nitrogens with zero attached hydrogens (tertiary/aromatic N) is 4. The fourth-order valence-corrected chi connectivity index (χ4v) is 5.79. The smallest absolute Gasteiger partial charge is 0.244 e. The van der Waals surface area contributed by atoms with Gasteiger partial charge in [-0.25, -0.2) is 13.4 Å². The first-order valence-electron chi connectivity index (χ1n) is 10.4. The quantitative estimate of drug-likeness (QED) is 0.702. The highest BCUT2D eigenvalue weighted by Gasteiger charge is 2.30. The Kier molecular flexibility index (Phi) is 6.47. The number of piperazine rings is 1. The third kappa shape index (κ3) is 4.69. The second-order valence-electron chi connectivity index (χ2n) is 7.84. The number of benzene rings is 1. The lowest BCUT2D eigenvalue weighted by Crippen LogP contribution is -2.50. The molecule has 4 rings (SSSR count). The van der Waals surface area contributed by atoms with Crippen molar-refractivity contribution in [2.75, 3.05) is 44.2 Å². The number of carbonyl (C=O) groups is 1. The average Bonchev–Trinajstić information content (AvgIpc) is 3.32. The van der Waals surface area contributed by atoms with Crippen LogP contribution in [-0.4, -0.2) is 67.8 Å². The van der Waals surface area contributed by atoms with Crippen molar-refractivity contribution in [2.45, 2.75) is 23.8 Å². The number of rotatable bonds is 6. The Balaban J connectivity index is 1.42. The van der Waals surface area contributed by atoms with Crippen molar-refractivity contribution < 1.29 is 13.2 Å². The summed E-state index contributed by atoms with van der Waals surface area (Å²) < 4.78 is 26.9. The van der Waals surface area contributed by atoms with Crippen LogP contribution in [0, 0.1) is 0 Å². The van der Waals surface area contributed by atoms with Gasteiger partial charge in [-0.2, -0.15) is 4.31 Å². The first kappa shape index (κ1) is 22.0. The summed E-state index contributed by atoms with van der Waals surface area (Å²) in [6, 6.07) is 10.0. The molecule has 1 atom stereocenters. The van der Waals surface area contributed by atoms with E-state index in [2.05, 4.69) is 9.88 Å². The summed E-state index contributed by atoms with van der Waals surface area (Å²) in [4.78, 5) is 20.9. The van der Waals surface area contributed by atoms with E-state index in [0.29, 0.717) is 44.3 Å². The van der Waals surface area contributed by atoms with E-state index in [9.17, 15) is 13.2 Å². The van der Waals surface area contributed by atoms with E-state index >= 15 is 0 Å². The van der Waals surface area contributed by atoms with Gasteiger partial charge in [0.2, 0.25) is 15.9 Å². The summed E-state index contributed by atoms with van der Waals surface area (Å²) in [6.07, 6.45) is 3.24. The zero-order valence-electron chi connectivity index (χ0n) is 17.2. The van der Waals surface area contributed by atoms with E-state index in [-0.39, 0.29) is 4.90 Å². The molecule has 0 saturated carbocycles. The Morgan fingerprint density at radius 1 is 0.968 bits per heavy atom. The van der Waals surface area contributed by atoms with Crippen LogP contribution in [0.15, 0.2) is 47.5 Å². The summed E-state index contributed by atoms with van der Waals surface area (Å²) in [5, 5.41) is 0.609. The van der Waals surface area contributed by atoms with Gasteiger partial charge in [0, 0.05) is 50.5 Å². The number of pyridine rings is 1. The van der Waals surface area contributed by atoms with E-state index in [1.807, 2.05) is 17.0 Å². The molecule has 31 heavy (non-hydrogen) atoms. The minimum absolute atomic E-state index is 0.230. The predicted octanol–water partition coefficient (Wildman–Crippen LogP) is 1.87. The van der Waals surface area contributed by atoms with Gasteiger partial charge in [0.05, 0.1) is 0 Å². The molecule has 3 heterocycles. The lowest BCUT2D eigenvalue weighted by molar-refractivity contribution is -0.123. The highest BCUT2D eigenvalue weighted by atomic mass is 35.5. The van der Waals surface area contributed by atoms with Crippen LogP contribution in [0.5, 0.6) is 0 Å². The minimum Gasteiger partial charge on any atom is -0.368 e. The number of sulfonamides is 1. The fraction of sp³-hybridized carbons (Fsp3) is 0.429. The second-order valence-corrected chi connectivity index (χ2v) is 10.2. The van der Waals surface area contributed by atoms with E-state index in [1.54, 1.807) is 24.3 Å². The fourth-order valence-electron chi connectivity index (χ4n) is 4.20. The van der Waals surface area contributed by atoms with Gasteiger partial charge >= 0.3 is 0 Å². The van der Waals surface area contributed by atoms with Gasteiger partial charge in [0.25, 0.3) is 0 Å². The molecular weight excluding hydrogens is 438 g/mol. The molecule has 10 heteroatoms. The van der Waals surface area contributed by atoms with E-state index < -0.39 is 22.0 Å². The molecule has 2 aliphatic rings. The Morgan fingerprint density at radius 3 is 2.16 bits per heavy atom. The van der Waals surface area contributed by atoms with Crippen molar-refractivity contribution in [3.8, 4) is 0 Å². The molecule has 1 aromatic carbocycles. The summed E-state index contributed by atoms with van der Waals surface area (Å²) in [6.45, 7) is 3.71. The highest BCUT2D eigenvalue weighted by molar-refractivity contribution is 7.89. The molecule has 2 aliphatic heterocycles. The third-order valence-electron chi connectivity index (χ3n) is 5.88. The molecule has 0 radical (unpaired) electrons.